The lowest BCUT2D eigenvalue weighted by atomic mass is 9.75. The maximum Gasteiger partial charge on any atom is 0.334 e. The predicted octanol–water partition coefficient (Wildman–Crippen LogP) is 2.85. The van der Waals surface area contributed by atoms with Crippen molar-refractivity contribution in [3.05, 3.63) is 12.2 Å². The molecule has 8 atom stereocenters. The van der Waals surface area contributed by atoms with Crippen molar-refractivity contribution in [1.82, 2.24) is 0 Å². The lowest BCUT2D eigenvalue weighted by molar-refractivity contribution is -0.233. The zero-order chi connectivity index (χ0) is 23.8. The second kappa shape index (κ2) is 9.14. The van der Waals surface area contributed by atoms with Crippen molar-refractivity contribution in [3.63, 3.8) is 0 Å². The van der Waals surface area contributed by atoms with E-state index in [4.69, 9.17) is 18.9 Å². The van der Waals surface area contributed by atoms with Crippen molar-refractivity contribution in [2.75, 3.05) is 0 Å². The lowest BCUT2D eigenvalue weighted by Gasteiger charge is -2.48. The minimum absolute atomic E-state index is 0.0964. The van der Waals surface area contributed by atoms with Crippen LogP contribution in [0.25, 0.3) is 0 Å². The van der Waals surface area contributed by atoms with Gasteiger partial charge in [-0.25, -0.2) is 4.79 Å². The van der Waals surface area contributed by atoms with Crippen molar-refractivity contribution in [2.45, 2.75) is 109 Å². The fourth-order valence-electron chi connectivity index (χ4n) is 5.44. The predicted molar refractivity (Wildman–Crippen MR) is 114 cm³/mol. The Morgan fingerprint density at radius 1 is 1.12 bits per heavy atom. The van der Waals surface area contributed by atoms with Crippen LogP contribution in [0.15, 0.2) is 12.2 Å². The van der Waals surface area contributed by atoms with E-state index in [-0.39, 0.29) is 12.3 Å². The molecule has 8 heteroatoms. The van der Waals surface area contributed by atoms with E-state index in [9.17, 15) is 19.5 Å². The van der Waals surface area contributed by atoms with E-state index in [1.54, 1.807) is 6.92 Å². The van der Waals surface area contributed by atoms with Crippen LogP contribution in [-0.2, 0) is 33.3 Å². The first-order chi connectivity index (χ1) is 14.8. The fraction of sp³-hybridized carbons (Fsp3) is 0.792. The van der Waals surface area contributed by atoms with Gasteiger partial charge in [-0.1, -0.05) is 19.9 Å². The summed E-state index contributed by atoms with van der Waals surface area (Å²) in [5.41, 5.74) is -1.70. The molecular weight excluding hydrogens is 416 g/mol. The highest BCUT2D eigenvalue weighted by Gasteiger charge is 2.53. The summed E-state index contributed by atoms with van der Waals surface area (Å²) in [5.74, 6) is -1.97. The second-order valence-electron chi connectivity index (χ2n) is 10.1. The highest BCUT2D eigenvalue weighted by Crippen LogP contribution is 2.45. The van der Waals surface area contributed by atoms with Gasteiger partial charge in [0, 0.05) is 25.3 Å². The van der Waals surface area contributed by atoms with Crippen molar-refractivity contribution in [1.29, 1.82) is 0 Å². The standard InChI is InChI=1S/C24H36O8/c1-13-8-7-10-23(5,28)18-9-11-24(6,32-16(4)26)19(30-18)12-17-14(2)22(27)31-21(17)20(13)29-15(3)25/h13,17-21,28H,2,7-12H2,1,3-6H3/t13-,17-,18+,19+,20+,21+,23-,24-/m0/s1. The summed E-state index contributed by atoms with van der Waals surface area (Å²) in [7, 11) is 0. The Morgan fingerprint density at radius 3 is 2.44 bits per heavy atom. The molecule has 3 heterocycles. The van der Waals surface area contributed by atoms with E-state index in [1.165, 1.54) is 13.8 Å². The Kier molecular flexibility index (Phi) is 7.05. The zero-order valence-electron chi connectivity index (χ0n) is 19.7. The third-order valence-corrected chi connectivity index (χ3v) is 7.33. The molecule has 0 amide bonds. The Morgan fingerprint density at radius 2 is 1.81 bits per heavy atom. The molecule has 180 valence electrons. The molecule has 3 aliphatic heterocycles. The average Bonchev–Trinajstić information content (AvgIpc) is 2.94. The quantitative estimate of drug-likeness (QED) is 0.387. The first kappa shape index (κ1) is 24.7. The Bertz CT molecular complexity index is 774. The first-order valence-corrected chi connectivity index (χ1v) is 11.5. The summed E-state index contributed by atoms with van der Waals surface area (Å²) in [6, 6.07) is 0. The van der Waals surface area contributed by atoms with Gasteiger partial charge in [-0.15, -0.1) is 0 Å². The molecule has 8 nitrogen and oxygen atoms in total. The Hall–Kier alpha value is -1.93. The third kappa shape index (κ3) is 5.01. The van der Waals surface area contributed by atoms with Crippen LogP contribution in [0.3, 0.4) is 0 Å². The van der Waals surface area contributed by atoms with Crippen molar-refractivity contribution < 1.29 is 38.4 Å². The van der Waals surface area contributed by atoms with Gasteiger partial charge in [0.2, 0.25) is 0 Å². The van der Waals surface area contributed by atoms with Gasteiger partial charge in [0.25, 0.3) is 0 Å². The molecule has 1 N–H and O–H groups in total. The molecule has 0 aliphatic carbocycles. The Labute approximate surface area is 189 Å². The summed E-state index contributed by atoms with van der Waals surface area (Å²) in [6.07, 6.45) is 0.852. The van der Waals surface area contributed by atoms with E-state index < -0.39 is 59.4 Å². The number of esters is 3. The molecule has 3 aliphatic rings. The van der Waals surface area contributed by atoms with Crippen molar-refractivity contribution in [3.8, 4) is 0 Å². The molecule has 3 saturated heterocycles. The number of aliphatic hydroxyl groups is 1. The van der Waals surface area contributed by atoms with E-state index >= 15 is 0 Å². The second-order valence-corrected chi connectivity index (χ2v) is 10.1. The molecule has 32 heavy (non-hydrogen) atoms. The van der Waals surface area contributed by atoms with E-state index in [0.29, 0.717) is 37.7 Å². The molecule has 0 unspecified atom stereocenters. The number of carbonyl (C=O) groups is 3. The normalized spacial score (nSPS) is 42.7. The van der Waals surface area contributed by atoms with Gasteiger partial charge in [0.05, 0.1) is 17.8 Å². The van der Waals surface area contributed by atoms with Crippen LogP contribution in [0, 0.1) is 11.8 Å². The fourth-order valence-corrected chi connectivity index (χ4v) is 5.44. The minimum atomic E-state index is -1.07. The number of ether oxygens (including phenoxy) is 4. The van der Waals surface area contributed by atoms with Crippen molar-refractivity contribution >= 4 is 17.9 Å². The molecule has 3 fully saturated rings. The molecule has 3 rings (SSSR count). The molecule has 0 aromatic heterocycles. The van der Waals surface area contributed by atoms with Gasteiger partial charge in [-0.2, -0.15) is 0 Å². The molecule has 0 aromatic carbocycles. The molecule has 0 radical (unpaired) electrons. The summed E-state index contributed by atoms with van der Waals surface area (Å²) in [5, 5.41) is 11.2. The summed E-state index contributed by atoms with van der Waals surface area (Å²) < 4.78 is 23.4. The van der Waals surface area contributed by atoms with Gasteiger partial charge < -0.3 is 24.1 Å². The van der Waals surface area contributed by atoms with E-state index in [0.717, 1.165) is 0 Å². The highest BCUT2D eigenvalue weighted by molar-refractivity contribution is 5.91. The van der Waals surface area contributed by atoms with Crippen LogP contribution in [0.1, 0.15) is 73.1 Å². The van der Waals surface area contributed by atoms with E-state index in [1.807, 2.05) is 13.8 Å². The number of hydrogen-bond donors (Lipinski definition) is 1. The Balaban J connectivity index is 2.02. The summed E-state index contributed by atoms with van der Waals surface area (Å²) >= 11 is 0. The largest absolute Gasteiger partial charge is 0.458 e. The third-order valence-electron chi connectivity index (χ3n) is 7.33. The number of rotatable bonds is 2. The van der Waals surface area contributed by atoms with Crippen molar-refractivity contribution in [2.24, 2.45) is 11.8 Å². The van der Waals surface area contributed by atoms with Gasteiger partial charge in [0.1, 0.15) is 17.8 Å². The first-order valence-electron chi connectivity index (χ1n) is 11.5. The number of carbonyl (C=O) groups excluding carboxylic acids is 3. The lowest BCUT2D eigenvalue weighted by Crippen LogP contribution is -2.57. The smallest absolute Gasteiger partial charge is 0.334 e. The van der Waals surface area contributed by atoms with Crippen LogP contribution >= 0.6 is 0 Å². The van der Waals surface area contributed by atoms with Gasteiger partial charge in [-0.05, 0) is 51.9 Å². The average molecular weight is 453 g/mol. The van der Waals surface area contributed by atoms with E-state index in [2.05, 4.69) is 6.58 Å². The number of fused-ring (bicyclic) bond motifs is 3. The highest BCUT2D eigenvalue weighted by atomic mass is 16.6. The zero-order valence-corrected chi connectivity index (χ0v) is 19.7. The van der Waals surface area contributed by atoms with Crippen LogP contribution < -0.4 is 0 Å². The summed E-state index contributed by atoms with van der Waals surface area (Å²) in [4.78, 5) is 36.2. The molecule has 0 aromatic rings. The molecule has 0 spiro atoms. The van der Waals surface area contributed by atoms with Gasteiger partial charge in [-0.3, -0.25) is 9.59 Å². The number of hydrogen-bond acceptors (Lipinski definition) is 8. The maximum absolute atomic E-state index is 12.5. The molecule has 2 bridgehead atoms. The van der Waals surface area contributed by atoms with Gasteiger partial charge >= 0.3 is 17.9 Å². The SMILES string of the molecule is C=C1C(=O)O[C@H]2[C@H](OC(C)=O)[C@@H](C)CCC[C@](C)(O)[C@H]3CC[C@](C)(OC(C)=O)[C@@H](C[C@@H]12)O3. The van der Waals surface area contributed by atoms with Crippen LogP contribution in [-0.4, -0.2) is 58.6 Å². The van der Waals surface area contributed by atoms with Crippen LogP contribution in [0.5, 0.6) is 0 Å². The van der Waals surface area contributed by atoms with Crippen LogP contribution in [0.4, 0.5) is 0 Å². The minimum Gasteiger partial charge on any atom is -0.458 e. The van der Waals surface area contributed by atoms with Crippen LogP contribution in [0.2, 0.25) is 0 Å². The molecular formula is C24H36O8. The maximum atomic E-state index is 12.5. The monoisotopic (exact) mass is 452 g/mol. The van der Waals surface area contributed by atoms with Gasteiger partial charge in [0.15, 0.2) is 0 Å². The molecule has 0 saturated carbocycles. The summed E-state index contributed by atoms with van der Waals surface area (Å²) in [6.45, 7) is 12.2. The topological polar surface area (TPSA) is 108 Å².